The highest BCUT2D eigenvalue weighted by Gasteiger charge is 2.35. The lowest BCUT2D eigenvalue weighted by Crippen LogP contribution is -2.41. The van der Waals surface area contributed by atoms with Crippen LogP contribution in [-0.2, 0) is 9.59 Å². The van der Waals surface area contributed by atoms with Crippen LogP contribution in [-0.4, -0.2) is 45.1 Å². The van der Waals surface area contributed by atoms with Crippen molar-refractivity contribution in [2.45, 2.75) is 30.1 Å². The van der Waals surface area contributed by atoms with E-state index in [9.17, 15) is 14.4 Å². The molecule has 2 aromatic rings. The fraction of sp³-hybridized carbons (Fsp3) is 0.353. The summed E-state index contributed by atoms with van der Waals surface area (Å²) in [6.07, 6.45) is 1.01. The third-order valence-electron chi connectivity index (χ3n) is 4.16. The van der Waals surface area contributed by atoms with Gasteiger partial charge in [-0.1, -0.05) is 34.1 Å². The Morgan fingerprint density at radius 2 is 2.08 bits per heavy atom. The minimum Gasteiger partial charge on any atom is -0.480 e. The van der Waals surface area contributed by atoms with Crippen molar-refractivity contribution in [2.24, 2.45) is 0 Å². The highest BCUT2D eigenvalue weighted by molar-refractivity contribution is 9.10. The van der Waals surface area contributed by atoms with E-state index in [1.54, 1.807) is 12.1 Å². The van der Waals surface area contributed by atoms with E-state index >= 15 is 0 Å². The van der Waals surface area contributed by atoms with Crippen LogP contribution in [0.3, 0.4) is 0 Å². The molecule has 0 spiro atoms. The van der Waals surface area contributed by atoms with Gasteiger partial charge in [0.25, 0.3) is 0 Å². The monoisotopic (exact) mass is 393 g/mol. The first-order chi connectivity index (χ1) is 11.5. The fourth-order valence-corrected chi connectivity index (χ4v) is 3.45. The van der Waals surface area contributed by atoms with E-state index in [4.69, 9.17) is 9.52 Å². The van der Waals surface area contributed by atoms with Crippen LogP contribution >= 0.6 is 15.9 Å². The van der Waals surface area contributed by atoms with Gasteiger partial charge in [-0.3, -0.25) is 9.59 Å². The predicted octanol–water partition coefficient (Wildman–Crippen LogP) is 2.84. The summed E-state index contributed by atoms with van der Waals surface area (Å²) in [5, 5.41) is 9.96. The molecule has 0 aliphatic carbocycles. The minimum atomic E-state index is -1.00. The molecule has 1 aliphatic rings. The molecule has 1 aromatic heterocycles. The number of alkyl halides is 1. The van der Waals surface area contributed by atoms with Crippen LogP contribution in [0.15, 0.2) is 34.7 Å². The number of furan rings is 1. The zero-order chi connectivity index (χ0) is 17.3. The van der Waals surface area contributed by atoms with Gasteiger partial charge in [-0.2, -0.15) is 0 Å². The molecule has 1 fully saturated rings. The Morgan fingerprint density at radius 3 is 2.79 bits per heavy atom. The van der Waals surface area contributed by atoms with E-state index in [0.717, 1.165) is 5.39 Å². The molecule has 1 unspecified atom stereocenters. The first kappa shape index (κ1) is 16.7. The largest absolute Gasteiger partial charge is 0.480 e. The number of Topliss-reactive ketones (excluding diaryl/α,β-unsaturated/α-hetero) is 1. The lowest BCUT2D eigenvalue weighted by atomic mass is 10.1. The third-order valence-corrected chi connectivity index (χ3v) is 4.90. The molecule has 0 bridgehead atoms. The predicted molar refractivity (Wildman–Crippen MR) is 90.2 cm³/mol. The van der Waals surface area contributed by atoms with Crippen molar-refractivity contribution in [3.8, 4) is 0 Å². The number of hydrogen-bond acceptors (Lipinski definition) is 4. The smallest absolute Gasteiger partial charge is 0.326 e. The number of carboxylic acid groups (broad SMARTS) is 1. The van der Waals surface area contributed by atoms with Gasteiger partial charge in [0.15, 0.2) is 5.76 Å². The molecule has 3 rings (SSSR count). The maximum atomic E-state index is 12.5. The summed E-state index contributed by atoms with van der Waals surface area (Å²) in [4.78, 5) is 36.5. The average Bonchev–Trinajstić information content (AvgIpc) is 3.20. The minimum absolute atomic E-state index is 0.0976. The van der Waals surface area contributed by atoms with Crippen molar-refractivity contribution >= 4 is 44.6 Å². The number of para-hydroxylation sites is 1. The molecule has 1 aromatic carbocycles. The van der Waals surface area contributed by atoms with Gasteiger partial charge < -0.3 is 14.4 Å². The molecule has 2 heterocycles. The molecule has 7 heteroatoms. The van der Waals surface area contributed by atoms with Crippen LogP contribution in [0.5, 0.6) is 0 Å². The molecule has 6 nitrogen and oxygen atoms in total. The summed E-state index contributed by atoms with van der Waals surface area (Å²) < 4.78 is 5.52. The van der Waals surface area contributed by atoms with Crippen molar-refractivity contribution in [1.29, 1.82) is 0 Å². The van der Waals surface area contributed by atoms with E-state index in [1.165, 1.54) is 4.90 Å². The Labute approximate surface area is 146 Å². The van der Waals surface area contributed by atoms with Crippen molar-refractivity contribution in [3.63, 3.8) is 0 Å². The summed E-state index contributed by atoms with van der Waals surface area (Å²) in [5.74, 6) is -1.49. The summed E-state index contributed by atoms with van der Waals surface area (Å²) in [7, 11) is 0. The van der Waals surface area contributed by atoms with Crippen molar-refractivity contribution in [1.82, 2.24) is 4.90 Å². The molecule has 1 amide bonds. The number of carbonyl (C=O) groups is 3. The summed E-state index contributed by atoms with van der Waals surface area (Å²) in [6, 6.07) is 8.12. The number of fused-ring (bicyclic) bond motifs is 1. The van der Waals surface area contributed by atoms with Gasteiger partial charge in [-0.05, 0) is 25.0 Å². The molecule has 24 heavy (non-hydrogen) atoms. The van der Waals surface area contributed by atoms with Crippen LogP contribution in [0, 0.1) is 0 Å². The van der Waals surface area contributed by atoms with Crippen molar-refractivity contribution in [2.75, 3.05) is 6.54 Å². The third kappa shape index (κ3) is 3.21. The number of ketones is 1. The highest BCUT2D eigenvalue weighted by Crippen LogP contribution is 2.24. The number of benzene rings is 1. The molecule has 1 aliphatic heterocycles. The van der Waals surface area contributed by atoms with Crippen LogP contribution in [0.4, 0.5) is 0 Å². The van der Waals surface area contributed by atoms with Gasteiger partial charge in [0.05, 0.1) is 4.83 Å². The van der Waals surface area contributed by atoms with E-state index in [0.29, 0.717) is 25.0 Å². The van der Waals surface area contributed by atoms with Crippen LogP contribution in [0.2, 0.25) is 0 Å². The number of amides is 1. The SMILES string of the molecule is O=C(c1cc2ccccc2o1)C(Br)CC(=O)N1CCC[C@H]1C(=O)O. The highest BCUT2D eigenvalue weighted by atomic mass is 79.9. The first-order valence-corrected chi connectivity index (χ1v) is 8.58. The molecule has 1 saturated heterocycles. The van der Waals surface area contributed by atoms with Crippen molar-refractivity contribution in [3.05, 3.63) is 36.1 Å². The second-order valence-electron chi connectivity index (χ2n) is 5.77. The lowest BCUT2D eigenvalue weighted by molar-refractivity contribution is -0.148. The number of hydrogen-bond donors (Lipinski definition) is 1. The van der Waals surface area contributed by atoms with Gasteiger partial charge in [0, 0.05) is 18.4 Å². The average molecular weight is 394 g/mol. The second-order valence-corrected chi connectivity index (χ2v) is 6.87. The maximum Gasteiger partial charge on any atom is 0.326 e. The number of rotatable bonds is 5. The van der Waals surface area contributed by atoms with Gasteiger partial charge >= 0.3 is 5.97 Å². The topological polar surface area (TPSA) is 87.8 Å². The molecule has 0 saturated carbocycles. The lowest BCUT2D eigenvalue weighted by Gasteiger charge is -2.22. The summed E-state index contributed by atoms with van der Waals surface area (Å²) in [6.45, 7) is 0.411. The van der Waals surface area contributed by atoms with Crippen molar-refractivity contribution < 1.29 is 23.9 Å². The molecule has 126 valence electrons. The molecule has 1 N–H and O–H groups in total. The standard InChI is InChI=1S/C17H16BrNO5/c18-11(9-15(20)19-7-3-5-12(19)17(22)23)16(21)14-8-10-4-1-2-6-13(10)24-14/h1-2,4,6,8,11-12H,3,5,7,9H2,(H,22,23)/t11?,12-/m0/s1. The molecule has 2 atom stereocenters. The zero-order valence-electron chi connectivity index (χ0n) is 12.8. The number of aliphatic carboxylic acids is 1. The van der Waals surface area contributed by atoms with Gasteiger partial charge in [-0.15, -0.1) is 0 Å². The second kappa shape index (κ2) is 6.76. The normalized spacial score (nSPS) is 18.7. The van der Waals surface area contributed by atoms with E-state index in [-0.39, 0.29) is 23.9 Å². The fourth-order valence-electron chi connectivity index (χ4n) is 2.94. The Hall–Kier alpha value is -2.15. The van der Waals surface area contributed by atoms with Crippen LogP contribution in [0.25, 0.3) is 11.0 Å². The Bertz CT molecular complexity index is 766. The van der Waals surface area contributed by atoms with Gasteiger partial charge in [-0.25, -0.2) is 4.79 Å². The first-order valence-electron chi connectivity index (χ1n) is 7.66. The molecular weight excluding hydrogens is 378 g/mol. The van der Waals surface area contributed by atoms with Crippen LogP contribution < -0.4 is 0 Å². The van der Waals surface area contributed by atoms with E-state index in [1.807, 2.05) is 18.2 Å². The Balaban J connectivity index is 1.69. The number of nitrogens with zero attached hydrogens (tertiary/aromatic N) is 1. The molecule has 0 radical (unpaired) electrons. The zero-order valence-corrected chi connectivity index (χ0v) is 14.4. The Morgan fingerprint density at radius 1 is 1.33 bits per heavy atom. The maximum absolute atomic E-state index is 12.5. The van der Waals surface area contributed by atoms with Gasteiger partial charge in [0.1, 0.15) is 11.6 Å². The quantitative estimate of drug-likeness (QED) is 0.623. The number of halogens is 1. The van der Waals surface area contributed by atoms with E-state index in [2.05, 4.69) is 15.9 Å². The number of carbonyl (C=O) groups excluding carboxylic acids is 2. The Kier molecular flexibility index (Phi) is 4.71. The van der Waals surface area contributed by atoms with Crippen LogP contribution in [0.1, 0.15) is 29.8 Å². The number of likely N-dealkylation sites (tertiary alicyclic amines) is 1. The van der Waals surface area contributed by atoms with Gasteiger partial charge in [0.2, 0.25) is 11.7 Å². The number of carboxylic acids is 1. The summed E-state index contributed by atoms with van der Waals surface area (Å²) >= 11 is 3.24. The summed E-state index contributed by atoms with van der Waals surface area (Å²) in [5.41, 5.74) is 0.609. The molecular formula is C17H16BrNO5. The van der Waals surface area contributed by atoms with E-state index < -0.39 is 16.8 Å².